The van der Waals surface area contributed by atoms with E-state index in [-0.39, 0.29) is 6.61 Å². The van der Waals surface area contributed by atoms with Crippen LogP contribution in [-0.2, 0) is 28.1 Å². The molecular formula is C4H10O8S2. The van der Waals surface area contributed by atoms with Crippen LogP contribution in [0.4, 0.5) is 0 Å². The Morgan fingerprint density at radius 1 is 1.50 bits per heavy atom. The van der Waals surface area contributed by atoms with Crippen molar-refractivity contribution in [3.63, 3.8) is 0 Å². The Hall–Kier alpha value is 0.0600. The molecule has 14 heavy (non-hydrogen) atoms. The lowest BCUT2D eigenvalue weighted by Gasteiger charge is -2.11. The molecule has 0 amide bonds. The molecule has 0 saturated carbocycles. The van der Waals surface area contributed by atoms with Gasteiger partial charge in [0.2, 0.25) is 0 Å². The number of hydrogen-bond donors (Lipinski definition) is 2. The molecule has 0 spiro atoms. The van der Waals surface area contributed by atoms with Gasteiger partial charge in [-0.1, -0.05) is 12.0 Å². The van der Waals surface area contributed by atoms with Crippen LogP contribution >= 0.6 is 12.3 Å². The lowest BCUT2D eigenvalue weighted by molar-refractivity contribution is -0.434. The molecule has 0 aromatic carbocycles. The standard InChI is InChI=1S/C4H10O8S2/c1-2-4(10-13-12-11-5)3-9-14(6,7)8/h4-5H,2-3H2,1H3,(H,6,7,8). The maximum atomic E-state index is 10.2. The van der Waals surface area contributed by atoms with E-state index in [1.807, 2.05) is 0 Å². The average molecular weight is 250 g/mol. The normalized spacial score (nSPS) is 14.2. The Morgan fingerprint density at radius 2 is 2.14 bits per heavy atom. The second-order valence-corrected chi connectivity index (χ2v) is 3.61. The molecule has 0 bridgehead atoms. The summed E-state index contributed by atoms with van der Waals surface area (Å²) in [5, 5.41) is 10.9. The highest BCUT2D eigenvalue weighted by atomic mass is 32.3. The molecule has 1 atom stereocenters. The van der Waals surface area contributed by atoms with Gasteiger partial charge < -0.3 is 0 Å². The zero-order valence-electron chi connectivity index (χ0n) is 7.15. The van der Waals surface area contributed by atoms with Crippen LogP contribution in [0.15, 0.2) is 0 Å². The Kier molecular flexibility index (Phi) is 7.40. The van der Waals surface area contributed by atoms with Crippen LogP contribution in [0.25, 0.3) is 0 Å². The minimum atomic E-state index is -4.47. The highest BCUT2D eigenvalue weighted by molar-refractivity contribution is 7.89. The first-order valence-corrected chi connectivity index (χ1v) is 5.44. The second kappa shape index (κ2) is 7.36. The molecule has 0 radical (unpaired) electrons. The van der Waals surface area contributed by atoms with Gasteiger partial charge in [0.25, 0.3) is 0 Å². The molecule has 1 unspecified atom stereocenters. The quantitative estimate of drug-likeness (QED) is 0.210. The van der Waals surface area contributed by atoms with Crippen LogP contribution < -0.4 is 0 Å². The number of hydrogen-bond acceptors (Lipinski definition) is 8. The van der Waals surface area contributed by atoms with E-state index >= 15 is 0 Å². The Bertz CT molecular complexity index is 225. The first-order chi connectivity index (χ1) is 6.49. The smallest absolute Gasteiger partial charge is 0.283 e. The summed E-state index contributed by atoms with van der Waals surface area (Å²) >= 11 is 0.308. The summed E-state index contributed by atoms with van der Waals surface area (Å²) in [6.07, 6.45) is -0.214. The van der Waals surface area contributed by atoms with Crippen LogP contribution in [0.1, 0.15) is 13.3 Å². The van der Waals surface area contributed by atoms with Gasteiger partial charge in [0.15, 0.2) is 12.3 Å². The topological polar surface area (TPSA) is 112 Å². The first kappa shape index (κ1) is 14.1. The third kappa shape index (κ3) is 8.65. The lowest BCUT2D eigenvalue weighted by atomic mass is 10.3. The van der Waals surface area contributed by atoms with Crippen molar-refractivity contribution < 1.29 is 36.0 Å². The fourth-order valence-electron chi connectivity index (χ4n) is 0.460. The van der Waals surface area contributed by atoms with Gasteiger partial charge in [0.05, 0.1) is 12.7 Å². The molecule has 0 saturated heterocycles. The van der Waals surface area contributed by atoms with E-state index in [2.05, 4.69) is 13.6 Å². The van der Waals surface area contributed by atoms with Gasteiger partial charge in [-0.05, 0) is 6.42 Å². The van der Waals surface area contributed by atoms with Gasteiger partial charge in [-0.15, -0.1) is 4.33 Å². The van der Waals surface area contributed by atoms with Crippen molar-refractivity contribution in [1.82, 2.24) is 0 Å². The molecule has 0 aromatic rings. The monoisotopic (exact) mass is 250 g/mol. The highest BCUT2D eigenvalue weighted by Gasteiger charge is 2.13. The van der Waals surface area contributed by atoms with E-state index < -0.39 is 16.5 Å². The Morgan fingerprint density at radius 3 is 2.57 bits per heavy atom. The number of rotatable bonds is 8. The molecule has 0 aliphatic carbocycles. The maximum absolute atomic E-state index is 10.2. The minimum Gasteiger partial charge on any atom is -0.283 e. The van der Waals surface area contributed by atoms with E-state index in [1.165, 1.54) is 0 Å². The SMILES string of the molecule is CCC(COS(=O)(=O)O)OSOOO. The minimum absolute atomic E-state index is 0.308. The molecule has 10 heteroatoms. The molecule has 0 aromatic heterocycles. The molecule has 0 heterocycles. The summed E-state index contributed by atoms with van der Waals surface area (Å²) in [6.45, 7) is 1.33. The Balaban J connectivity index is 3.69. The molecule has 2 N–H and O–H groups in total. The molecule has 0 rings (SSSR count). The van der Waals surface area contributed by atoms with Crippen LogP contribution in [0, 0.1) is 0 Å². The Labute approximate surface area is 85.3 Å². The molecular weight excluding hydrogens is 240 g/mol. The van der Waals surface area contributed by atoms with Gasteiger partial charge in [0.1, 0.15) is 0 Å². The summed E-state index contributed by atoms with van der Waals surface area (Å²) < 4.78 is 41.2. The molecule has 86 valence electrons. The third-order valence-electron chi connectivity index (χ3n) is 1.09. The average Bonchev–Trinajstić information content (AvgIpc) is 2.09. The van der Waals surface area contributed by atoms with Gasteiger partial charge in [-0.3, -0.25) is 8.74 Å². The second-order valence-electron chi connectivity index (χ2n) is 2.05. The molecule has 0 aliphatic rings. The van der Waals surface area contributed by atoms with Crippen molar-refractivity contribution in [1.29, 1.82) is 0 Å². The molecule has 0 fully saturated rings. The first-order valence-electron chi connectivity index (χ1n) is 3.41. The van der Waals surface area contributed by atoms with Crippen LogP contribution in [0.3, 0.4) is 0 Å². The van der Waals surface area contributed by atoms with Gasteiger partial charge in [0, 0.05) is 0 Å². The van der Waals surface area contributed by atoms with Gasteiger partial charge in [-0.25, -0.2) is 9.44 Å². The van der Waals surface area contributed by atoms with Gasteiger partial charge >= 0.3 is 10.4 Å². The summed E-state index contributed by atoms with van der Waals surface area (Å²) in [7, 11) is -4.47. The van der Waals surface area contributed by atoms with Crippen LogP contribution in [-0.4, -0.2) is 30.9 Å². The van der Waals surface area contributed by atoms with E-state index in [0.717, 1.165) is 0 Å². The summed E-state index contributed by atoms with van der Waals surface area (Å²) in [5.74, 6) is 0. The fourth-order valence-corrected chi connectivity index (χ4v) is 1.14. The van der Waals surface area contributed by atoms with Crippen LogP contribution in [0.5, 0.6) is 0 Å². The predicted molar refractivity (Wildman–Crippen MR) is 45.1 cm³/mol. The molecule has 8 nitrogen and oxygen atoms in total. The van der Waals surface area contributed by atoms with Crippen molar-refractivity contribution in [2.75, 3.05) is 6.61 Å². The summed E-state index contributed by atoms with van der Waals surface area (Å²) in [6, 6.07) is 0. The van der Waals surface area contributed by atoms with Crippen LogP contribution in [0.2, 0.25) is 0 Å². The lowest BCUT2D eigenvalue weighted by Crippen LogP contribution is -2.19. The van der Waals surface area contributed by atoms with E-state index in [4.69, 9.17) is 14.0 Å². The largest absolute Gasteiger partial charge is 0.397 e. The van der Waals surface area contributed by atoms with E-state index in [9.17, 15) is 8.42 Å². The van der Waals surface area contributed by atoms with Gasteiger partial charge in [-0.2, -0.15) is 8.42 Å². The van der Waals surface area contributed by atoms with Crippen molar-refractivity contribution in [3.05, 3.63) is 0 Å². The van der Waals surface area contributed by atoms with Crippen molar-refractivity contribution in [2.45, 2.75) is 19.4 Å². The van der Waals surface area contributed by atoms with Crippen molar-refractivity contribution in [3.8, 4) is 0 Å². The summed E-state index contributed by atoms with van der Waals surface area (Å²) in [4.78, 5) is 0. The van der Waals surface area contributed by atoms with Crippen molar-refractivity contribution >= 4 is 22.7 Å². The van der Waals surface area contributed by atoms with E-state index in [1.54, 1.807) is 6.92 Å². The zero-order chi connectivity index (χ0) is 11.0. The molecule has 0 aliphatic heterocycles. The fraction of sp³-hybridized carbons (Fsp3) is 1.00. The third-order valence-corrected chi connectivity index (χ3v) is 1.99. The van der Waals surface area contributed by atoms with Crippen molar-refractivity contribution in [2.24, 2.45) is 0 Å². The van der Waals surface area contributed by atoms with E-state index in [0.29, 0.717) is 18.7 Å². The maximum Gasteiger partial charge on any atom is 0.397 e. The summed E-state index contributed by atoms with van der Waals surface area (Å²) in [5.41, 5.74) is 0. The highest BCUT2D eigenvalue weighted by Crippen LogP contribution is 2.12. The zero-order valence-corrected chi connectivity index (χ0v) is 8.78. The predicted octanol–water partition coefficient (Wildman–Crippen LogP) is 0.585.